The predicted octanol–water partition coefficient (Wildman–Crippen LogP) is 9.43. The number of para-hydroxylation sites is 4. The van der Waals surface area contributed by atoms with E-state index in [0.717, 1.165) is 77.5 Å². The van der Waals surface area contributed by atoms with Crippen LogP contribution in [0.15, 0.2) is 121 Å². The highest BCUT2D eigenvalue weighted by Crippen LogP contribution is 2.40. The normalized spacial score (nSPS) is 11.5. The van der Waals surface area contributed by atoms with E-state index in [4.69, 9.17) is 4.98 Å². The van der Waals surface area contributed by atoms with Gasteiger partial charge in [0, 0.05) is 38.5 Å². The maximum Gasteiger partial charge on any atom is 0.104 e. The van der Waals surface area contributed by atoms with Crippen molar-refractivity contribution in [3.05, 3.63) is 138 Å². The van der Waals surface area contributed by atoms with Crippen molar-refractivity contribution in [3.8, 4) is 28.6 Å². The molecular weight excluding hydrogens is 512 g/mol. The molecule has 3 heterocycles. The molecule has 42 heavy (non-hydrogen) atoms. The van der Waals surface area contributed by atoms with E-state index < -0.39 is 0 Å². The van der Waals surface area contributed by atoms with Gasteiger partial charge in [0.05, 0.1) is 33.4 Å². The first-order valence-corrected chi connectivity index (χ1v) is 14.1. The number of aromatic nitrogens is 3. The minimum Gasteiger partial charge on any atom is -0.308 e. The summed E-state index contributed by atoms with van der Waals surface area (Å²) in [5.74, 6) is 0. The highest BCUT2D eigenvalue weighted by Gasteiger charge is 2.22. The molecule has 0 unspecified atom stereocenters. The van der Waals surface area contributed by atoms with Crippen LogP contribution in [0.4, 0.5) is 0 Å². The Labute approximate surface area is 243 Å². The number of fused-ring (bicyclic) bond motifs is 6. The molecule has 4 heteroatoms. The van der Waals surface area contributed by atoms with Crippen LogP contribution < -0.4 is 0 Å². The second-order valence-corrected chi connectivity index (χ2v) is 10.8. The van der Waals surface area contributed by atoms with Gasteiger partial charge in [-0.3, -0.25) is 4.98 Å². The molecule has 8 aromatic rings. The summed E-state index contributed by atoms with van der Waals surface area (Å²) in [4.78, 5) is 4.80. The first-order valence-electron chi connectivity index (χ1n) is 14.1. The lowest BCUT2D eigenvalue weighted by molar-refractivity contribution is 1.11. The van der Waals surface area contributed by atoms with Gasteiger partial charge < -0.3 is 9.13 Å². The summed E-state index contributed by atoms with van der Waals surface area (Å²) in [6.45, 7) is 4.07. The van der Waals surface area contributed by atoms with E-state index in [1.165, 1.54) is 0 Å². The Morgan fingerprint density at radius 3 is 1.33 bits per heavy atom. The summed E-state index contributed by atoms with van der Waals surface area (Å²) in [6, 6.07) is 44.9. The second-order valence-electron chi connectivity index (χ2n) is 10.8. The molecule has 3 aromatic heterocycles. The molecule has 0 saturated carbocycles. The first kappa shape index (κ1) is 24.2. The molecule has 0 amide bonds. The summed E-state index contributed by atoms with van der Waals surface area (Å²) in [7, 11) is 0. The van der Waals surface area contributed by atoms with Gasteiger partial charge in [-0.2, -0.15) is 5.26 Å². The number of pyridine rings is 1. The van der Waals surface area contributed by atoms with Crippen molar-refractivity contribution in [2.45, 2.75) is 13.8 Å². The van der Waals surface area contributed by atoms with Crippen molar-refractivity contribution in [2.75, 3.05) is 0 Å². The second kappa shape index (κ2) is 9.19. The molecule has 0 aliphatic heterocycles. The molecule has 198 valence electrons. The fraction of sp³-hybridized carbons (Fsp3) is 0.0526. The van der Waals surface area contributed by atoms with E-state index in [1.807, 2.05) is 6.92 Å². The van der Waals surface area contributed by atoms with Gasteiger partial charge in [0.1, 0.15) is 11.6 Å². The van der Waals surface area contributed by atoms with Crippen LogP contribution in [0.25, 0.3) is 66.1 Å². The summed E-state index contributed by atoms with van der Waals surface area (Å²) in [5, 5.41) is 15.6. The minimum absolute atomic E-state index is 0.620. The molecule has 8 rings (SSSR count). The van der Waals surface area contributed by atoms with E-state index >= 15 is 0 Å². The third-order valence-electron chi connectivity index (χ3n) is 8.39. The Morgan fingerprint density at radius 1 is 0.548 bits per heavy atom. The number of nitriles is 1. The molecule has 0 bridgehead atoms. The summed E-state index contributed by atoms with van der Waals surface area (Å²) in [5.41, 5.74) is 10.6. The van der Waals surface area contributed by atoms with Gasteiger partial charge in [-0.15, -0.1) is 0 Å². The molecule has 0 aliphatic rings. The molecule has 0 aliphatic carbocycles. The smallest absolute Gasteiger partial charge is 0.104 e. The number of hydrogen-bond acceptors (Lipinski definition) is 2. The summed E-state index contributed by atoms with van der Waals surface area (Å²) in [6.07, 6.45) is 0. The average molecular weight is 539 g/mol. The van der Waals surface area contributed by atoms with Crippen LogP contribution in [-0.2, 0) is 0 Å². The quantitative estimate of drug-likeness (QED) is 0.225. The van der Waals surface area contributed by atoms with Crippen molar-refractivity contribution < 1.29 is 0 Å². The fourth-order valence-electron chi connectivity index (χ4n) is 6.59. The Balaban J connectivity index is 1.58. The third kappa shape index (κ3) is 3.44. The average Bonchev–Trinajstić information content (AvgIpc) is 3.53. The van der Waals surface area contributed by atoms with Crippen molar-refractivity contribution in [1.29, 1.82) is 5.26 Å². The number of nitrogens with zero attached hydrogens (tertiary/aromatic N) is 4. The Morgan fingerprint density at radius 2 is 0.952 bits per heavy atom. The molecule has 0 N–H and O–H groups in total. The number of aryl methyl sites for hydroxylation is 2. The van der Waals surface area contributed by atoms with Crippen LogP contribution in [0.2, 0.25) is 0 Å². The number of benzene rings is 5. The fourth-order valence-corrected chi connectivity index (χ4v) is 6.59. The van der Waals surface area contributed by atoms with Crippen molar-refractivity contribution >= 4 is 43.6 Å². The van der Waals surface area contributed by atoms with Gasteiger partial charge in [-0.1, -0.05) is 78.9 Å². The minimum atomic E-state index is 0.620. The lowest BCUT2D eigenvalue weighted by atomic mass is 9.98. The largest absolute Gasteiger partial charge is 0.308 e. The highest BCUT2D eigenvalue weighted by atomic mass is 15.0. The summed E-state index contributed by atoms with van der Waals surface area (Å²) < 4.78 is 4.50. The molecule has 0 saturated heterocycles. The van der Waals surface area contributed by atoms with Crippen molar-refractivity contribution in [3.63, 3.8) is 0 Å². The monoisotopic (exact) mass is 538 g/mol. The van der Waals surface area contributed by atoms with Gasteiger partial charge in [-0.05, 0) is 61.9 Å². The molecule has 4 nitrogen and oxygen atoms in total. The zero-order valence-electron chi connectivity index (χ0n) is 23.3. The van der Waals surface area contributed by atoms with Gasteiger partial charge in [-0.25, -0.2) is 0 Å². The van der Waals surface area contributed by atoms with Crippen molar-refractivity contribution in [1.82, 2.24) is 14.1 Å². The number of hydrogen-bond donors (Lipinski definition) is 0. The molecular formula is C38H26N4. The molecule has 5 aromatic carbocycles. The van der Waals surface area contributed by atoms with Crippen LogP contribution in [0.5, 0.6) is 0 Å². The van der Waals surface area contributed by atoms with Gasteiger partial charge in [0.25, 0.3) is 0 Å². The third-order valence-corrected chi connectivity index (χ3v) is 8.39. The maximum absolute atomic E-state index is 10.9. The molecule has 0 atom stereocenters. The zero-order valence-corrected chi connectivity index (χ0v) is 23.3. The van der Waals surface area contributed by atoms with E-state index in [9.17, 15) is 5.26 Å². The van der Waals surface area contributed by atoms with Crippen molar-refractivity contribution in [2.24, 2.45) is 0 Å². The van der Waals surface area contributed by atoms with Gasteiger partial charge in [0.15, 0.2) is 0 Å². The lowest BCUT2D eigenvalue weighted by Gasteiger charge is -2.19. The van der Waals surface area contributed by atoms with Crippen LogP contribution in [0.3, 0.4) is 0 Å². The Hall–Kier alpha value is -5.66. The summed E-state index contributed by atoms with van der Waals surface area (Å²) >= 11 is 0. The topological polar surface area (TPSA) is 46.5 Å². The maximum atomic E-state index is 10.9. The zero-order chi connectivity index (χ0) is 28.4. The molecule has 0 spiro atoms. The predicted molar refractivity (Wildman–Crippen MR) is 173 cm³/mol. The van der Waals surface area contributed by atoms with E-state index in [-0.39, 0.29) is 0 Å². The van der Waals surface area contributed by atoms with E-state index in [2.05, 4.69) is 143 Å². The van der Waals surface area contributed by atoms with Gasteiger partial charge >= 0.3 is 0 Å². The molecule has 0 fully saturated rings. The van der Waals surface area contributed by atoms with E-state index in [0.29, 0.717) is 5.56 Å². The van der Waals surface area contributed by atoms with Crippen LogP contribution in [0, 0.1) is 25.2 Å². The van der Waals surface area contributed by atoms with E-state index in [1.54, 1.807) is 0 Å². The highest BCUT2D eigenvalue weighted by molar-refractivity contribution is 6.11. The Kier molecular flexibility index (Phi) is 5.29. The van der Waals surface area contributed by atoms with Gasteiger partial charge in [0.2, 0.25) is 0 Å². The Bertz CT molecular complexity index is 2160. The van der Waals surface area contributed by atoms with Crippen LogP contribution in [0.1, 0.15) is 17.0 Å². The molecule has 0 radical (unpaired) electrons. The standard InChI is InChI=1S/C38H26N4/c1-24-19-20-27(25(2)40-24)26-21-37(41-33-15-7-3-11-28(33)29-12-4-8-16-34(29)41)32(23-39)38(22-26)42-35-17-9-5-13-30(35)31-14-6-10-18-36(31)42/h3-22H,1-2H3. The number of rotatable bonds is 3. The lowest BCUT2D eigenvalue weighted by Crippen LogP contribution is -2.05. The SMILES string of the molecule is Cc1ccc(-c2cc(-n3c4ccccc4c4ccccc43)c(C#N)c(-n3c4ccccc4c4ccccc43)c2)c(C)n1. The first-order chi connectivity index (χ1) is 20.6. The van der Waals surface area contributed by atoms with Crippen LogP contribution >= 0.6 is 0 Å². The van der Waals surface area contributed by atoms with Crippen LogP contribution in [-0.4, -0.2) is 14.1 Å².